The van der Waals surface area contributed by atoms with Gasteiger partial charge in [0.05, 0.1) is 12.5 Å². The van der Waals surface area contributed by atoms with Gasteiger partial charge in [-0.25, -0.2) is 0 Å². The molecule has 0 unspecified atom stereocenters. The summed E-state index contributed by atoms with van der Waals surface area (Å²) >= 11 is 6.27. The maximum Gasteiger partial charge on any atom is 0.309 e. The molecule has 1 fully saturated rings. The van der Waals surface area contributed by atoms with Gasteiger partial charge in [0.15, 0.2) is 11.5 Å². The number of benzene rings is 3. The van der Waals surface area contributed by atoms with E-state index in [0.29, 0.717) is 29.6 Å². The lowest BCUT2D eigenvalue weighted by atomic mass is 9.82. The number of carbonyl (C=O) groups is 2. The first-order chi connectivity index (χ1) is 19.4. The molecule has 0 aliphatic carbocycles. The third kappa shape index (κ3) is 5.81. The zero-order valence-corrected chi connectivity index (χ0v) is 23.6. The highest BCUT2D eigenvalue weighted by atomic mass is 35.5. The van der Waals surface area contributed by atoms with Gasteiger partial charge in [-0.3, -0.25) is 14.5 Å². The molecule has 3 aromatic rings. The number of aryl methyl sites for hydroxylation is 1. The Morgan fingerprint density at radius 1 is 1.00 bits per heavy atom. The van der Waals surface area contributed by atoms with Crippen molar-refractivity contribution in [1.29, 1.82) is 0 Å². The number of hydrogen-bond acceptors (Lipinski definition) is 5. The smallest absolute Gasteiger partial charge is 0.309 e. The number of fused-ring (bicyclic) bond motifs is 1. The highest BCUT2D eigenvalue weighted by Gasteiger charge is 2.48. The molecule has 40 heavy (non-hydrogen) atoms. The molecular formula is C32H35ClN2O5. The van der Waals surface area contributed by atoms with Crippen LogP contribution in [-0.4, -0.2) is 48.3 Å². The first-order valence-electron chi connectivity index (χ1n) is 13.9. The van der Waals surface area contributed by atoms with Gasteiger partial charge in [-0.05, 0) is 59.9 Å². The lowest BCUT2D eigenvalue weighted by molar-refractivity contribution is -0.143. The molecule has 1 saturated heterocycles. The van der Waals surface area contributed by atoms with Crippen molar-refractivity contribution in [3.05, 3.63) is 88.4 Å². The summed E-state index contributed by atoms with van der Waals surface area (Å²) in [5, 5.41) is 11.1. The quantitative estimate of drug-likeness (QED) is 0.312. The first-order valence-corrected chi connectivity index (χ1v) is 14.3. The van der Waals surface area contributed by atoms with E-state index in [4.69, 9.17) is 21.1 Å². The van der Waals surface area contributed by atoms with Crippen molar-refractivity contribution in [2.24, 2.45) is 5.92 Å². The second-order valence-electron chi connectivity index (χ2n) is 10.4. The van der Waals surface area contributed by atoms with Crippen LogP contribution in [0.4, 0.5) is 5.69 Å². The third-order valence-electron chi connectivity index (χ3n) is 7.93. The van der Waals surface area contributed by atoms with Crippen LogP contribution >= 0.6 is 11.6 Å². The number of aliphatic carboxylic acids is 1. The van der Waals surface area contributed by atoms with Crippen molar-refractivity contribution >= 4 is 29.2 Å². The molecule has 3 aromatic carbocycles. The number of halogens is 1. The van der Waals surface area contributed by atoms with Crippen molar-refractivity contribution in [3.63, 3.8) is 0 Å². The van der Waals surface area contributed by atoms with Crippen LogP contribution < -0.4 is 14.4 Å². The highest BCUT2D eigenvalue weighted by molar-refractivity contribution is 6.30. The molecule has 0 aromatic heterocycles. The zero-order valence-electron chi connectivity index (χ0n) is 22.9. The minimum Gasteiger partial charge on any atom is -0.481 e. The monoisotopic (exact) mass is 562 g/mol. The highest BCUT2D eigenvalue weighted by Crippen LogP contribution is 2.47. The van der Waals surface area contributed by atoms with Crippen LogP contribution in [0.5, 0.6) is 11.5 Å². The zero-order chi connectivity index (χ0) is 28.2. The fraction of sp³-hybridized carbons (Fsp3) is 0.375. The van der Waals surface area contributed by atoms with E-state index in [1.807, 2.05) is 59.5 Å². The fourth-order valence-electron chi connectivity index (χ4n) is 5.84. The van der Waals surface area contributed by atoms with E-state index in [1.54, 1.807) is 17.0 Å². The molecular weight excluding hydrogens is 528 g/mol. The lowest BCUT2D eigenvalue weighted by Gasteiger charge is -2.30. The number of hydrogen-bond donors (Lipinski definition) is 1. The van der Waals surface area contributed by atoms with Gasteiger partial charge >= 0.3 is 5.97 Å². The average molecular weight is 563 g/mol. The van der Waals surface area contributed by atoms with E-state index in [-0.39, 0.29) is 25.2 Å². The van der Waals surface area contributed by atoms with Gasteiger partial charge in [-0.1, -0.05) is 68.3 Å². The van der Waals surface area contributed by atoms with E-state index in [0.717, 1.165) is 36.1 Å². The topological polar surface area (TPSA) is 79.3 Å². The Morgan fingerprint density at radius 3 is 2.45 bits per heavy atom. The SMILES string of the molecule is CCCCN(C(=O)CN1C[C@H](c2ccc3c(c2)OCO3)[C@H](C(=O)O)[C@H]1c1ccc(CC)cc1)c1cccc(Cl)c1. The number of rotatable bonds is 10. The molecule has 1 amide bonds. The van der Waals surface area contributed by atoms with Gasteiger partial charge in [0.25, 0.3) is 0 Å². The number of anilines is 1. The number of carboxylic acid groups (broad SMARTS) is 1. The molecule has 210 valence electrons. The molecule has 0 bridgehead atoms. The molecule has 5 rings (SSSR count). The minimum atomic E-state index is -0.889. The van der Waals surface area contributed by atoms with Gasteiger partial charge in [0, 0.05) is 35.8 Å². The van der Waals surface area contributed by atoms with Crippen LogP contribution in [-0.2, 0) is 16.0 Å². The first kappa shape index (κ1) is 28.0. The van der Waals surface area contributed by atoms with Crippen LogP contribution in [0, 0.1) is 5.92 Å². The number of ether oxygens (including phenoxy) is 2. The number of nitrogens with zero attached hydrogens (tertiary/aromatic N) is 2. The number of carboxylic acids is 1. The van der Waals surface area contributed by atoms with Crippen molar-refractivity contribution in [3.8, 4) is 11.5 Å². The summed E-state index contributed by atoms with van der Waals surface area (Å²) in [4.78, 5) is 30.6. The second-order valence-corrected chi connectivity index (χ2v) is 10.9. The average Bonchev–Trinajstić information content (AvgIpc) is 3.58. The van der Waals surface area contributed by atoms with E-state index in [1.165, 1.54) is 5.56 Å². The molecule has 7 nitrogen and oxygen atoms in total. The number of likely N-dealkylation sites (tertiary alicyclic amines) is 1. The maximum absolute atomic E-state index is 13.9. The normalized spacial score (nSPS) is 20.0. The van der Waals surface area contributed by atoms with Crippen molar-refractivity contribution < 1.29 is 24.2 Å². The lowest BCUT2D eigenvalue weighted by Crippen LogP contribution is -2.41. The molecule has 3 atom stereocenters. The Bertz CT molecular complexity index is 1360. The predicted octanol–water partition coefficient (Wildman–Crippen LogP) is 6.31. The summed E-state index contributed by atoms with van der Waals surface area (Å²) in [6.07, 6.45) is 2.67. The molecule has 0 spiro atoms. The van der Waals surface area contributed by atoms with Crippen LogP contribution in [0.1, 0.15) is 55.3 Å². The molecule has 2 heterocycles. The van der Waals surface area contributed by atoms with E-state index < -0.39 is 17.9 Å². The Labute approximate surface area is 240 Å². The van der Waals surface area contributed by atoms with Gasteiger partial charge in [-0.2, -0.15) is 0 Å². The van der Waals surface area contributed by atoms with Gasteiger partial charge in [0.2, 0.25) is 12.7 Å². The molecule has 8 heteroatoms. The Balaban J connectivity index is 1.51. The number of carbonyl (C=O) groups excluding carboxylic acids is 1. The molecule has 2 aliphatic heterocycles. The number of amides is 1. The van der Waals surface area contributed by atoms with Crippen LogP contribution in [0.3, 0.4) is 0 Å². The Morgan fingerprint density at radius 2 is 1.75 bits per heavy atom. The van der Waals surface area contributed by atoms with Gasteiger partial charge < -0.3 is 19.5 Å². The standard InChI is InChI=1S/C32H35ClN2O5/c1-3-5-15-35(25-8-6-7-24(33)17-25)29(36)19-34-18-26(23-13-14-27-28(16-23)40-20-39-27)30(32(37)38)31(34)22-11-9-21(4-2)10-12-22/h6-14,16-17,26,30-31H,3-5,15,18-20H2,1-2H3,(H,37,38)/t26-,30+,31-/m1/s1. The van der Waals surface area contributed by atoms with E-state index in [9.17, 15) is 14.7 Å². The summed E-state index contributed by atoms with van der Waals surface area (Å²) in [6.45, 7) is 5.39. The molecule has 0 radical (unpaired) electrons. The van der Waals surface area contributed by atoms with Gasteiger partial charge in [-0.15, -0.1) is 0 Å². The van der Waals surface area contributed by atoms with Crippen LogP contribution in [0.2, 0.25) is 5.02 Å². The summed E-state index contributed by atoms with van der Waals surface area (Å²) in [6, 6.07) is 20.6. The molecule has 1 N–H and O–H groups in total. The van der Waals surface area contributed by atoms with Crippen LogP contribution in [0.25, 0.3) is 0 Å². The molecule has 0 saturated carbocycles. The summed E-state index contributed by atoms with van der Waals surface area (Å²) in [5.41, 5.74) is 3.68. The number of unbranched alkanes of at least 4 members (excludes halogenated alkanes) is 1. The third-order valence-corrected chi connectivity index (χ3v) is 8.17. The minimum absolute atomic E-state index is 0.0821. The summed E-state index contributed by atoms with van der Waals surface area (Å²) < 4.78 is 11.1. The van der Waals surface area contributed by atoms with E-state index >= 15 is 0 Å². The van der Waals surface area contributed by atoms with Gasteiger partial charge in [0.1, 0.15) is 0 Å². The Kier molecular flexibility index (Phi) is 8.62. The fourth-order valence-corrected chi connectivity index (χ4v) is 6.02. The van der Waals surface area contributed by atoms with Crippen LogP contribution in [0.15, 0.2) is 66.7 Å². The van der Waals surface area contributed by atoms with Crippen molar-refractivity contribution in [2.45, 2.75) is 45.1 Å². The maximum atomic E-state index is 13.9. The van der Waals surface area contributed by atoms with Crippen molar-refractivity contribution in [2.75, 3.05) is 31.3 Å². The summed E-state index contributed by atoms with van der Waals surface area (Å²) in [7, 11) is 0. The van der Waals surface area contributed by atoms with E-state index in [2.05, 4.69) is 13.8 Å². The Hall–Kier alpha value is -3.55. The largest absolute Gasteiger partial charge is 0.481 e. The second kappa shape index (κ2) is 12.3. The molecule has 2 aliphatic rings. The van der Waals surface area contributed by atoms with Crippen molar-refractivity contribution in [1.82, 2.24) is 4.90 Å². The predicted molar refractivity (Wildman–Crippen MR) is 155 cm³/mol. The summed E-state index contributed by atoms with van der Waals surface area (Å²) in [5.74, 6) is -0.796.